The highest BCUT2D eigenvalue weighted by atomic mass is 16.5. The summed E-state index contributed by atoms with van der Waals surface area (Å²) in [5, 5.41) is 44.1. The van der Waals surface area contributed by atoms with Crippen molar-refractivity contribution < 1.29 is 14.9 Å². The Kier molecular flexibility index (Phi) is 5.08. The van der Waals surface area contributed by atoms with Crippen LogP contribution in [-0.4, -0.2) is 27.9 Å². The summed E-state index contributed by atoms with van der Waals surface area (Å²) in [5.41, 5.74) is 0.597. The summed E-state index contributed by atoms with van der Waals surface area (Å²) in [6.45, 7) is 3.50. The molecule has 8 heteroatoms. The molecule has 0 radical (unpaired) electrons. The number of aliphatic hydroxyl groups is 1. The normalized spacial score (nSPS) is 20.1. The van der Waals surface area contributed by atoms with Crippen LogP contribution in [0.15, 0.2) is 47.5 Å². The minimum Gasteiger partial charge on any atom is -0.508 e. The number of ether oxygens (including phenoxy) is 1. The number of aliphatic hydroxyl groups excluding tert-OH is 1. The molecule has 1 heterocycles. The molecule has 0 amide bonds. The predicted octanol–water partition coefficient (Wildman–Crippen LogP) is 2.18. The molecule has 0 aromatic heterocycles. The number of rotatable bonds is 2. The van der Waals surface area contributed by atoms with Gasteiger partial charge in [0, 0.05) is 5.56 Å². The fourth-order valence-electron chi connectivity index (χ4n) is 2.98. The molecule has 4 N–H and O–H groups in total. The molecule has 0 saturated carbocycles. The zero-order valence-corrected chi connectivity index (χ0v) is 15.3. The van der Waals surface area contributed by atoms with E-state index in [4.69, 9.17) is 10.00 Å². The molecule has 0 aliphatic carbocycles. The van der Waals surface area contributed by atoms with Gasteiger partial charge in [0.15, 0.2) is 6.19 Å². The molecule has 28 heavy (non-hydrogen) atoms. The van der Waals surface area contributed by atoms with E-state index in [0.29, 0.717) is 22.6 Å². The zero-order valence-electron chi connectivity index (χ0n) is 15.3. The van der Waals surface area contributed by atoms with Gasteiger partial charge in [-0.15, -0.1) is 0 Å². The van der Waals surface area contributed by atoms with Crippen molar-refractivity contribution in [1.82, 2.24) is 10.6 Å². The first-order chi connectivity index (χ1) is 13.3. The van der Waals surface area contributed by atoms with Crippen LogP contribution in [0.3, 0.4) is 0 Å². The van der Waals surface area contributed by atoms with Crippen molar-refractivity contribution in [2.45, 2.75) is 31.6 Å². The highest BCUT2D eigenvalue weighted by molar-refractivity contribution is 5.84. The lowest BCUT2D eigenvalue weighted by atomic mass is 9.86. The Morgan fingerprint density at radius 1 is 1.18 bits per heavy atom. The molecule has 1 aliphatic rings. The molecule has 0 bridgehead atoms. The molecule has 0 spiro atoms. The second-order valence-electron chi connectivity index (χ2n) is 6.85. The van der Waals surface area contributed by atoms with Gasteiger partial charge in [0.05, 0.1) is 23.4 Å². The van der Waals surface area contributed by atoms with E-state index in [1.54, 1.807) is 44.2 Å². The van der Waals surface area contributed by atoms with Gasteiger partial charge in [-0.3, -0.25) is 5.32 Å². The number of phenolic OH excluding ortho intramolecular Hbond substituents is 1. The lowest BCUT2D eigenvalue weighted by Gasteiger charge is -2.42. The Bertz CT molecular complexity index is 986. The van der Waals surface area contributed by atoms with E-state index in [1.807, 2.05) is 6.19 Å². The first kappa shape index (κ1) is 19.0. The van der Waals surface area contributed by atoms with E-state index in [0.717, 1.165) is 0 Å². The number of hydrogen-bond donors (Lipinski definition) is 4. The fourth-order valence-corrected chi connectivity index (χ4v) is 2.98. The maximum absolute atomic E-state index is 10.9. The molecule has 0 fully saturated rings. The number of hydrogen-bond acceptors (Lipinski definition) is 6. The smallest absolute Gasteiger partial charge is 0.210 e. The number of aliphatic imine (C=N–C) groups is 1. The Hall–Kier alpha value is -3.75. The Morgan fingerprint density at radius 3 is 2.54 bits per heavy atom. The molecule has 1 aliphatic heterocycles. The van der Waals surface area contributed by atoms with E-state index in [2.05, 4.69) is 21.7 Å². The SMILES string of the molecule is CC1(C)Oc2ccc(C#N)cc2C(N/C(=N/c2ccc(O)cc2)NC#N)C1O. The Balaban J connectivity index is 2.01. The Labute approximate surface area is 162 Å². The molecule has 2 unspecified atom stereocenters. The summed E-state index contributed by atoms with van der Waals surface area (Å²) < 4.78 is 5.88. The second-order valence-corrected chi connectivity index (χ2v) is 6.85. The van der Waals surface area contributed by atoms with Gasteiger partial charge in [-0.2, -0.15) is 10.5 Å². The van der Waals surface area contributed by atoms with Crippen molar-refractivity contribution in [3.05, 3.63) is 53.6 Å². The minimum atomic E-state index is -0.987. The number of nitriles is 2. The molecule has 3 rings (SSSR count). The maximum atomic E-state index is 10.9. The maximum Gasteiger partial charge on any atom is 0.210 e. The highest BCUT2D eigenvalue weighted by Gasteiger charge is 2.43. The summed E-state index contributed by atoms with van der Waals surface area (Å²) in [6, 6.07) is 12.5. The average Bonchev–Trinajstić information content (AvgIpc) is 2.67. The summed E-state index contributed by atoms with van der Waals surface area (Å²) >= 11 is 0. The van der Waals surface area contributed by atoms with Crippen molar-refractivity contribution >= 4 is 11.6 Å². The number of fused-ring (bicyclic) bond motifs is 1. The van der Waals surface area contributed by atoms with Crippen molar-refractivity contribution in [2.24, 2.45) is 4.99 Å². The number of phenols is 1. The Morgan fingerprint density at radius 2 is 1.89 bits per heavy atom. The number of nitrogens with zero attached hydrogens (tertiary/aromatic N) is 3. The monoisotopic (exact) mass is 377 g/mol. The van der Waals surface area contributed by atoms with Crippen LogP contribution in [0.25, 0.3) is 0 Å². The molecule has 2 atom stereocenters. The van der Waals surface area contributed by atoms with Crippen LogP contribution in [0.4, 0.5) is 5.69 Å². The molecule has 8 nitrogen and oxygen atoms in total. The fraction of sp³-hybridized carbons (Fsp3) is 0.250. The summed E-state index contributed by atoms with van der Waals surface area (Å²) in [4.78, 5) is 4.33. The first-order valence-corrected chi connectivity index (χ1v) is 8.54. The topological polar surface area (TPSA) is 134 Å². The minimum absolute atomic E-state index is 0.0984. The predicted molar refractivity (Wildman–Crippen MR) is 102 cm³/mol. The third-order valence-corrected chi connectivity index (χ3v) is 4.43. The third-order valence-electron chi connectivity index (χ3n) is 4.43. The number of guanidine groups is 1. The number of aromatic hydroxyl groups is 1. The van der Waals surface area contributed by atoms with Crippen LogP contribution in [-0.2, 0) is 0 Å². The van der Waals surface area contributed by atoms with Crippen LogP contribution < -0.4 is 15.4 Å². The standard InChI is InChI=1S/C20H19N5O3/c1-20(2)18(27)17(15-9-12(10-21)3-8-16(15)28-20)25-19(23-11-22)24-13-4-6-14(26)7-5-13/h3-9,17-18,26-27H,1-2H3,(H2,23,24,25). The molecule has 2 aromatic rings. The zero-order chi connectivity index (χ0) is 20.3. The van der Waals surface area contributed by atoms with Crippen LogP contribution in [0.5, 0.6) is 11.5 Å². The summed E-state index contributed by atoms with van der Waals surface area (Å²) in [7, 11) is 0. The number of nitrogens with one attached hydrogen (secondary N) is 2. The van der Waals surface area contributed by atoms with Crippen LogP contribution in [0.1, 0.15) is 31.0 Å². The van der Waals surface area contributed by atoms with Crippen molar-refractivity contribution in [3.63, 3.8) is 0 Å². The van der Waals surface area contributed by atoms with Crippen molar-refractivity contribution in [1.29, 1.82) is 10.5 Å². The van der Waals surface area contributed by atoms with Crippen LogP contribution in [0, 0.1) is 22.8 Å². The number of benzene rings is 2. The van der Waals surface area contributed by atoms with Crippen LogP contribution in [0.2, 0.25) is 0 Å². The highest BCUT2D eigenvalue weighted by Crippen LogP contribution is 2.40. The molecular formula is C20H19N5O3. The van der Waals surface area contributed by atoms with E-state index in [1.165, 1.54) is 12.1 Å². The molecular weight excluding hydrogens is 358 g/mol. The van der Waals surface area contributed by atoms with Crippen LogP contribution >= 0.6 is 0 Å². The van der Waals surface area contributed by atoms with E-state index in [9.17, 15) is 15.5 Å². The second kappa shape index (κ2) is 7.47. The van der Waals surface area contributed by atoms with Gasteiger partial charge in [-0.05, 0) is 56.3 Å². The molecule has 0 saturated heterocycles. The summed E-state index contributed by atoms with van der Waals surface area (Å²) in [6.07, 6.45) is 0.827. The van der Waals surface area contributed by atoms with Gasteiger partial charge < -0.3 is 20.3 Å². The first-order valence-electron chi connectivity index (χ1n) is 8.54. The van der Waals surface area contributed by atoms with Gasteiger partial charge >= 0.3 is 0 Å². The average molecular weight is 377 g/mol. The lowest BCUT2D eigenvalue weighted by Crippen LogP contribution is -2.54. The van der Waals surface area contributed by atoms with E-state index < -0.39 is 17.7 Å². The van der Waals surface area contributed by atoms with Crippen molar-refractivity contribution in [2.75, 3.05) is 0 Å². The summed E-state index contributed by atoms with van der Waals surface area (Å²) in [5.74, 6) is 0.747. The van der Waals surface area contributed by atoms with Gasteiger partial charge in [0.1, 0.15) is 23.2 Å². The van der Waals surface area contributed by atoms with E-state index in [-0.39, 0.29) is 11.7 Å². The quantitative estimate of drug-likeness (QED) is 0.273. The van der Waals surface area contributed by atoms with E-state index >= 15 is 0 Å². The van der Waals surface area contributed by atoms with Gasteiger partial charge in [-0.1, -0.05) is 0 Å². The van der Waals surface area contributed by atoms with Gasteiger partial charge in [-0.25, -0.2) is 4.99 Å². The largest absolute Gasteiger partial charge is 0.508 e. The van der Waals surface area contributed by atoms with Gasteiger partial charge in [0.2, 0.25) is 5.96 Å². The third kappa shape index (κ3) is 3.83. The molecule has 2 aromatic carbocycles. The lowest BCUT2D eigenvalue weighted by molar-refractivity contribution is -0.0611. The molecule has 142 valence electrons. The van der Waals surface area contributed by atoms with Gasteiger partial charge in [0.25, 0.3) is 0 Å². The van der Waals surface area contributed by atoms with Crippen molar-refractivity contribution in [3.8, 4) is 23.8 Å².